The third kappa shape index (κ3) is 4.57. The molecule has 0 unspecified atom stereocenters. The van der Waals surface area contributed by atoms with Crippen LogP contribution < -0.4 is 0 Å². The van der Waals surface area contributed by atoms with Gasteiger partial charge in [-0.15, -0.1) is 11.3 Å². The number of aliphatic hydroxyl groups excluding tert-OH is 1. The van der Waals surface area contributed by atoms with Gasteiger partial charge in [-0.05, 0) is 30.2 Å². The Balaban J connectivity index is 1.99. The number of carbonyl (C=O) groups is 1. The first kappa shape index (κ1) is 16.0. The first-order chi connectivity index (χ1) is 10.2. The Morgan fingerprint density at radius 2 is 2.29 bits per heavy atom. The van der Waals surface area contributed by atoms with Crippen molar-refractivity contribution in [3.8, 4) is 11.8 Å². The van der Waals surface area contributed by atoms with E-state index in [2.05, 4.69) is 11.8 Å². The largest absolute Gasteiger partial charge is 0.395 e. The van der Waals surface area contributed by atoms with E-state index in [1.165, 1.54) is 11.3 Å². The zero-order valence-corrected chi connectivity index (χ0v) is 13.1. The molecule has 0 bridgehead atoms. The van der Waals surface area contributed by atoms with Gasteiger partial charge in [-0.3, -0.25) is 4.79 Å². The van der Waals surface area contributed by atoms with Gasteiger partial charge in [0.1, 0.15) is 4.88 Å². The molecule has 1 N–H and O–H groups in total. The summed E-state index contributed by atoms with van der Waals surface area (Å²) in [7, 11) is 1.85. The number of carbonyl (C=O) groups excluding carboxylic acids is 1. The highest BCUT2D eigenvalue weighted by Crippen LogP contribution is 2.20. The molecule has 0 atom stereocenters. The molecule has 2 heterocycles. The summed E-state index contributed by atoms with van der Waals surface area (Å²) in [6, 6.07) is 1.87. The van der Waals surface area contributed by atoms with Crippen LogP contribution in [0.1, 0.15) is 34.5 Å². The van der Waals surface area contributed by atoms with E-state index in [1.54, 1.807) is 4.90 Å². The van der Waals surface area contributed by atoms with Gasteiger partial charge in [-0.1, -0.05) is 11.8 Å². The maximum Gasteiger partial charge on any atom is 0.264 e. The minimum Gasteiger partial charge on any atom is -0.395 e. The minimum atomic E-state index is 0.0322. The topological polar surface area (TPSA) is 49.8 Å². The van der Waals surface area contributed by atoms with Gasteiger partial charge < -0.3 is 14.7 Å². The van der Waals surface area contributed by atoms with Crippen LogP contribution >= 0.6 is 11.3 Å². The van der Waals surface area contributed by atoms with Crippen molar-refractivity contribution in [3.05, 3.63) is 21.9 Å². The second kappa shape index (κ2) is 8.18. The van der Waals surface area contributed by atoms with E-state index < -0.39 is 0 Å². The van der Waals surface area contributed by atoms with Crippen LogP contribution in [0.3, 0.4) is 0 Å². The Kier molecular flexibility index (Phi) is 6.24. The van der Waals surface area contributed by atoms with Crippen LogP contribution in [0.2, 0.25) is 0 Å². The van der Waals surface area contributed by atoms with Gasteiger partial charge in [-0.25, -0.2) is 0 Å². The maximum atomic E-state index is 12.5. The quantitative estimate of drug-likeness (QED) is 0.865. The van der Waals surface area contributed by atoms with E-state index in [0.29, 0.717) is 17.2 Å². The van der Waals surface area contributed by atoms with Crippen LogP contribution in [0.15, 0.2) is 11.4 Å². The number of aliphatic hydroxyl groups is 1. The smallest absolute Gasteiger partial charge is 0.264 e. The number of nitrogens with zero attached hydrogens (tertiary/aromatic N) is 1. The number of hydrogen-bond acceptors (Lipinski definition) is 4. The van der Waals surface area contributed by atoms with Crippen molar-refractivity contribution in [1.82, 2.24) is 4.90 Å². The Morgan fingerprint density at radius 1 is 1.52 bits per heavy atom. The highest BCUT2D eigenvalue weighted by atomic mass is 32.1. The molecule has 0 aromatic carbocycles. The molecule has 4 nitrogen and oxygen atoms in total. The Bertz CT molecular complexity index is 523. The molecule has 5 heteroatoms. The first-order valence-corrected chi connectivity index (χ1v) is 8.10. The molecule has 1 saturated heterocycles. The summed E-state index contributed by atoms with van der Waals surface area (Å²) in [4.78, 5) is 15.0. The van der Waals surface area contributed by atoms with Gasteiger partial charge in [-0.2, -0.15) is 0 Å². The second-order valence-corrected chi connectivity index (χ2v) is 6.10. The van der Waals surface area contributed by atoms with Gasteiger partial charge in [0.15, 0.2) is 0 Å². The summed E-state index contributed by atoms with van der Waals surface area (Å²) in [5.74, 6) is 6.40. The lowest BCUT2D eigenvalue weighted by Gasteiger charge is -2.27. The maximum absolute atomic E-state index is 12.5. The molecule has 1 aromatic heterocycles. The van der Waals surface area contributed by atoms with Gasteiger partial charge in [0, 0.05) is 38.8 Å². The van der Waals surface area contributed by atoms with Crippen molar-refractivity contribution >= 4 is 17.2 Å². The summed E-state index contributed by atoms with van der Waals surface area (Å²) in [5.41, 5.74) is 0.761. The van der Waals surface area contributed by atoms with E-state index in [1.807, 2.05) is 18.5 Å². The van der Waals surface area contributed by atoms with Crippen LogP contribution in [0, 0.1) is 17.8 Å². The van der Waals surface area contributed by atoms with Crippen molar-refractivity contribution < 1.29 is 14.6 Å². The lowest BCUT2D eigenvalue weighted by atomic mass is 10.00. The van der Waals surface area contributed by atoms with E-state index in [9.17, 15) is 4.79 Å². The zero-order valence-electron chi connectivity index (χ0n) is 12.3. The van der Waals surface area contributed by atoms with Gasteiger partial charge in [0.05, 0.1) is 6.61 Å². The molecule has 114 valence electrons. The van der Waals surface area contributed by atoms with Gasteiger partial charge in [0.25, 0.3) is 5.91 Å². The Morgan fingerprint density at radius 3 is 3.00 bits per heavy atom. The number of amides is 1. The van der Waals surface area contributed by atoms with Crippen LogP contribution in [-0.2, 0) is 4.74 Å². The molecule has 1 aromatic rings. The molecule has 1 aliphatic heterocycles. The van der Waals surface area contributed by atoms with E-state index in [4.69, 9.17) is 9.84 Å². The van der Waals surface area contributed by atoms with Gasteiger partial charge >= 0.3 is 0 Å². The van der Waals surface area contributed by atoms with Crippen molar-refractivity contribution in [2.24, 2.45) is 5.92 Å². The molecule has 2 rings (SSSR count). The van der Waals surface area contributed by atoms with Crippen LogP contribution in [0.5, 0.6) is 0 Å². The standard InChI is InChI=1S/C16H21NO3S/c1-17(12-13-5-9-20-10-6-13)16(19)15-14(7-11-21-15)4-2-3-8-18/h7,11,13,18H,3,5-6,8-10,12H2,1H3. The SMILES string of the molecule is CN(CC1CCOCC1)C(=O)c1sccc1C#CCCO. The average Bonchev–Trinajstić information content (AvgIpc) is 2.96. The molecule has 0 radical (unpaired) electrons. The van der Waals surface area contributed by atoms with E-state index in [0.717, 1.165) is 38.2 Å². The number of rotatable bonds is 4. The predicted molar refractivity (Wildman–Crippen MR) is 83.4 cm³/mol. The van der Waals surface area contributed by atoms with Crippen LogP contribution in [0.4, 0.5) is 0 Å². The fraction of sp³-hybridized carbons (Fsp3) is 0.562. The number of thiophene rings is 1. The summed E-state index contributed by atoms with van der Waals surface area (Å²) < 4.78 is 5.35. The molecular formula is C16H21NO3S. The molecule has 21 heavy (non-hydrogen) atoms. The molecular weight excluding hydrogens is 286 g/mol. The highest BCUT2D eigenvalue weighted by molar-refractivity contribution is 7.12. The number of hydrogen-bond donors (Lipinski definition) is 1. The van der Waals surface area contributed by atoms with E-state index in [-0.39, 0.29) is 12.5 Å². The van der Waals surface area contributed by atoms with Crippen LogP contribution in [0.25, 0.3) is 0 Å². The van der Waals surface area contributed by atoms with Crippen molar-refractivity contribution in [2.75, 3.05) is 33.4 Å². The Labute approximate surface area is 129 Å². The summed E-state index contributed by atoms with van der Waals surface area (Å²) in [6.45, 7) is 2.40. The van der Waals surface area contributed by atoms with Crippen molar-refractivity contribution in [2.45, 2.75) is 19.3 Å². The average molecular weight is 307 g/mol. The third-order valence-corrected chi connectivity index (χ3v) is 4.44. The zero-order chi connectivity index (χ0) is 15.1. The molecule has 0 saturated carbocycles. The van der Waals surface area contributed by atoms with Crippen molar-refractivity contribution in [1.29, 1.82) is 0 Å². The molecule has 1 aliphatic rings. The third-order valence-electron chi connectivity index (χ3n) is 3.54. The van der Waals surface area contributed by atoms with Crippen molar-refractivity contribution in [3.63, 3.8) is 0 Å². The number of ether oxygens (including phenoxy) is 1. The lowest BCUT2D eigenvalue weighted by molar-refractivity contribution is 0.0499. The van der Waals surface area contributed by atoms with Gasteiger partial charge in [0.2, 0.25) is 0 Å². The fourth-order valence-corrected chi connectivity index (χ4v) is 3.20. The first-order valence-electron chi connectivity index (χ1n) is 7.22. The molecule has 0 spiro atoms. The summed E-state index contributed by atoms with van der Waals surface area (Å²) in [5, 5.41) is 10.6. The van der Waals surface area contributed by atoms with E-state index >= 15 is 0 Å². The highest BCUT2D eigenvalue weighted by Gasteiger charge is 2.21. The monoisotopic (exact) mass is 307 g/mol. The lowest BCUT2D eigenvalue weighted by Crippen LogP contribution is -2.34. The molecule has 1 fully saturated rings. The normalized spacial score (nSPS) is 15.3. The Hall–Kier alpha value is -1.35. The molecule has 1 amide bonds. The van der Waals surface area contributed by atoms with Crippen LogP contribution in [-0.4, -0.2) is 49.3 Å². The second-order valence-electron chi connectivity index (χ2n) is 5.18. The minimum absolute atomic E-state index is 0.0322. The summed E-state index contributed by atoms with van der Waals surface area (Å²) >= 11 is 1.43. The molecule has 0 aliphatic carbocycles. The summed E-state index contributed by atoms with van der Waals surface area (Å²) in [6.07, 6.45) is 2.47. The fourth-order valence-electron chi connectivity index (χ4n) is 2.36. The predicted octanol–water partition coefficient (Wildman–Crippen LogP) is 1.98.